The van der Waals surface area contributed by atoms with E-state index in [0.29, 0.717) is 0 Å². The van der Waals surface area contributed by atoms with E-state index in [9.17, 15) is 0 Å². The van der Waals surface area contributed by atoms with Gasteiger partial charge in [0.15, 0.2) is 5.96 Å². The lowest BCUT2D eigenvalue weighted by atomic mass is 10.4. The van der Waals surface area contributed by atoms with Crippen molar-refractivity contribution < 1.29 is 0 Å². The van der Waals surface area contributed by atoms with E-state index in [4.69, 9.17) is 0 Å². The molecule has 1 rings (SSSR count). The van der Waals surface area contributed by atoms with E-state index in [1.807, 2.05) is 21.1 Å². The third-order valence-electron chi connectivity index (χ3n) is 1.99. The number of hydrogen-bond acceptors (Lipinski definition) is 1. The van der Waals surface area contributed by atoms with Crippen LogP contribution in [0.25, 0.3) is 0 Å². The number of guanidine groups is 1. The molecule has 0 bridgehead atoms. The van der Waals surface area contributed by atoms with Crippen LogP contribution in [-0.4, -0.2) is 50.0 Å². The van der Waals surface area contributed by atoms with Gasteiger partial charge >= 0.3 is 0 Å². The van der Waals surface area contributed by atoms with Crippen LogP contribution in [0.5, 0.6) is 0 Å². The summed E-state index contributed by atoms with van der Waals surface area (Å²) in [5.41, 5.74) is 0. The molecule has 1 fully saturated rings. The summed E-state index contributed by atoms with van der Waals surface area (Å²) >= 11 is 0. The van der Waals surface area contributed by atoms with Crippen molar-refractivity contribution in [1.82, 2.24) is 9.80 Å². The zero-order valence-electron chi connectivity index (χ0n) is 7.67. The maximum absolute atomic E-state index is 4.24. The molecule has 0 aliphatic carbocycles. The third kappa shape index (κ3) is 1.85. The highest BCUT2D eigenvalue weighted by Crippen LogP contribution is 2.08. The molecule has 3 heteroatoms. The summed E-state index contributed by atoms with van der Waals surface area (Å²) < 4.78 is 0. The fourth-order valence-corrected chi connectivity index (χ4v) is 1.54. The van der Waals surface area contributed by atoms with Crippen molar-refractivity contribution in [3.63, 3.8) is 0 Å². The first-order valence-electron chi connectivity index (χ1n) is 4.14. The zero-order valence-corrected chi connectivity index (χ0v) is 7.67. The third-order valence-corrected chi connectivity index (χ3v) is 1.99. The van der Waals surface area contributed by atoms with Crippen LogP contribution >= 0.6 is 0 Å². The number of nitrogens with zero attached hydrogens (tertiary/aromatic N) is 3. The van der Waals surface area contributed by atoms with Crippen molar-refractivity contribution >= 4 is 5.96 Å². The van der Waals surface area contributed by atoms with Gasteiger partial charge in [0, 0.05) is 34.2 Å². The molecule has 0 aromatic carbocycles. The average Bonchev–Trinajstić information content (AvgIpc) is 2.40. The van der Waals surface area contributed by atoms with Crippen LogP contribution in [0.2, 0.25) is 0 Å². The second-order valence-electron chi connectivity index (χ2n) is 3.11. The van der Waals surface area contributed by atoms with Crippen LogP contribution in [0.4, 0.5) is 0 Å². The molecule has 1 heterocycles. The number of rotatable bonds is 0. The van der Waals surface area contributed by atoms with Crippen molar-refractivity contribution in [2.45, 2.75) is 12.8 Å². The first kappa shape index (κ1) is 8.37. The van der Waals surface area contributed by atoms with Crippen LogP contribution in [0.15, 0.2) is 4.99 Å². The highest BCUT2D eigenvalue weighted by Gasteiger charge is 2.16. The molecular weight excluding hydrogens is 138 g/mol. The predicted octanol–water partition coefficient (Wildman–Crippen LogP) is 0.630. The van der Waals surface area contributed by atoms with Gasteiger partial charge in [0.25, 0.3) is 0 Å². The van der Waals surface area contributed by atoms with Gasteiger partial charge in [-0.2, -0.15) is 0 Å². The van der Waals surface area contributed by atoms with Gasteiger partial charge in [-0.25, -0.2) is 0 Å². The summed E-state index contributed by atoms with van der Waals surface area (Å²) in [5.74, 6) is 1.11. The maximum Gasteiger partial charge on any atom is 0.195 e. The van der Waals surface area contributed by atoms with Crippen molar-refractivity contribution in [2.75, 3.05) is 34.2 Å². The first-order valence-corrected chi connectivity index (χ1v) is 4.14. The lowest BCUT2D eigenvalue weighted by Crippen LogP contribution is -2.38. The molecule has 0 spiro atoms. The Balaban J connectivity index is 2.54. The predicted molar refractivity (Wildman–Crippen MR) is 47.9 cm³/mol. The second-order valence-corrected chi connectivity index (χ2v) is 3.11. The summed E-state index contributed by atoms with van der Waals surface area (Å²) in [4.78, 5) is 8.65. The smallest absolute Gasteiger partial charge is 0.195 e. The van der Waals surface area contributed by atoms with Crippen LogP contribution in [0.3, 0.4) is 0 Å². The Labute approximate surface area is 68.7 Å². The van der Waals surface area contributed by atoms with Gasteiger partial charge in [-0.05, 0) is 12.8 Å². The van der Waals surface area contributed by atoms with Crippen LogP contribution < -0.4 is 0 Å². The van der Waals surface area contributed by atoms with Gasteiger partial charge in [-0.15, -0.1) is 0 Å². The summed E-state index contributed by atoms with van der Waals surface area (Å²) in [5, 5.41) is 0. The van der Waals surface area contributed by atoms with E-state index < -0.39 is 0 Å². The minimum Gasteiger partial charge on any atom is -0.349 e. The van der Waals surface area contributed by atoms with E-state index in [1.165, 1.54) is 25.9 Å². The quantitative estimate of drug-likeness (QED) is 0.377. The molecule has 1 aliphatic heterocycles. The minimum absolute atomic E-state index is 1.11. The normalized spacial score (nSPS) is 19.2. The number of hydrogen-bond donors (Lipinski definition) is 0. The summed E-state index contributed by atoms with van der Waals surface area (Å²) in [6, 6.07) is 0. The van der Waals surface area contributed by atoms with Gasteiger partial charge in [-0.1, -0.05) is 0 Å². The Morgan fingerprint density at radius 3 is 2.18 bits per heavy atom. The zero-order chi connectivity index (χ0) is 8.27. The molecule has 0 aromatic heterocycles. The molecule has 11 heavy (non-hydrogen) atoms. The van der Waals surface area contributed by atoms with Crippen LogP contribution in [-0.2, 0) is 0 Å². The van der Waals surface area contributed by atoms with Gasteiger partial charge < -0.3 is 9.80 Å². The van der Waals surface area contributed by atoms with Crippen LogP contribution in [0, 0.1) is 0 Å². The molecule has 0 amide bonds. The molecule has 0 radical (unpaired) electrons. The summed E-state index contributed by atoms with van der Waals surface area (Å²) in [6.07, 6.45) is 2.62. The van der Waals surface area contributed by atoms with E-state index in [0.717, 1.165) is 5.96 Å². The Bertz CT molecular complexity index is 145. The highest BCUT2D eigenvalue weighted by molar-refractivity contribution is 5.79. The molecular formula is C8H17N3. The molecule has 0 atom stereocenters. The van der Waals surface area contributed by atoms with Gasteiger partial charge in [0.2, 0.25) is 0 Å². The van der Waals surface area contributed by atoms with Gasteiger partial charge in [0.05, 0.1) is 0 Å². The SMILES string of the molecule is C/N=C(\N(C)C)N1CCCC1. The standard InChI is InChI=1S/C8H17N3/c1-9-8(10(2)3)11-6-4-5-7-11/h4-7H2,1-3H3/b9-8+. The minimum atomic E-state index is 1.11. The highest BCUT2D eigenvalue weighted by atomic mass is 15.4. The molecule has 0 N–H and O–H groups in total. The summed E-state index contributed by atoms with van der Waals surface area (Å²) in [7, 11) is 5.94. The number of aliphatic imine (C=N–C) groups is 1. The summed E-state index contributed by atoms with van der Waals surface area (Å²) in [6.45, 7) is 2.34. The Morgan fingerprint density at radius 2 is 1.82 bits per heavy atom. The Kier molecular flexibility index (Phi) is 2.74. The van der Waals surface area contributed by atoms with Gasteiger partial charge in [-0.3, -0.25) is 4.99 Å². The van der Waals surface area contributed by atoms with Crippen molar-refractivity contribution in [2.24, 2.45) is 4.99 Å². The number of likely N-dealkylation sites (tertiary alicyclic amines) is 1. The maximum atomic E-state index is 4.24. The molecule has 1 saturated heterocycles. The van der Waals surface area contributed by atoms with E-state index in [2.05, 4.69) is 14.8 Å². The first-order chi connectivity index (χ1) is 5.25. The largest absolute Gasteiger partial charge is 0.349 e. The Hall–Kier alpha value is -0.730. The van der Waals surface area contributed by atoms with Crippen molar-refractivity contribution in [1.29, 1.82) is 0 Å². The average molecular weight is 155 g/mol. The molecule has 1 aliphatic rings. The van der Waals surface area contributed by atoms with E-state index >= 15 is 0 Å². The second kappa shape index (κ2) is 3.60. The lowest BCUT2D eigenvalue weighted by Gasteiger charge is -2.25. The Morgan fingerprint density at radius 1 is 1.27 bits per heavy atom. The van der Waals surface area contributed by atoms with Crippen LogP contribution in [0.1, 0.15) is 12.8 Å². The topological polar surface area (TPSA) is 18.8 Å². The lowest BCUT2D eigenvalue weighted by molar-refractivity contribution is 0.430. The van der Waals surface area contributed by atoms with Gasteiger partial charge in [0.1, 0.15) is 0 Å². The molecule has 0 unspecified atom stereocenters. The molecule has 64 valence electrons. The van der Waals surface area contributed by atoms with E-state index in [-0.39, 0.29) is 0 Å². The fraction of sp³-hybridized carbons (Fsp3) is 0.875. The fourth-order valence-electron chi connectivity index (χ4n) is 1.54. The molecule has 0 saturated carbocycles. The monoisotopic (exact) mass is 155 g/mol. The van der Waals surface area contributed by atoms with E-state index in [1.54, 1.807) is 0 Å². The van der Waals surface area contributed by atoms with Crippen molar-refractivity contribution in [3.05, 3.63) is 0 Å². The molecule has 0 aromatic rings. The van der Waals surface area contributed by atoms with Crippen molar-refractivity contribution in [3.8, 4) is 0 Å². The molecule has 3 nitrogen and oxygen atoms in total.